The molecule has 0 aliphatic carbocycles. The molecule has 4 heteroatoms. The predicted octanol–water partition coefficient (Wildman–Crippen LogP) is -2.77. The summed E-state index contributed by atoms with van der Waals surface area (Å²) in [7, 11) is 0. The van der Waals surface area contributed by atoms with Crippen LogP contribution in [-0.4, -0.2) is 18.9 Å². The second-order valence-electron chi connectivity index (χ2n) is 3.01. The van der Waals surface area contributed by atoms with Crippen molar-refractivity contribution in [2.45, 2.75) is 19.9 Å². The largest absolute Gasteiger partial charge is 1.00 e. The maximum Gasteiger partial charge on any atom is 1.00 e. The number of rotatable bonds is 1. The summed E-state index contributed by atoms with van der Waals surface area (Å²) in [5.41, 5.74) is 2.59. The molecule has 1 fully saturated rings. The Kier molecular flexibility index (Phi) is 4.06. The van der Waals surface area contributed by atoms with Crippen LogP contribution in [0.25, 0.3) is 0 Å². The molecule has 0 amide bonds. The number of aldehydes is 1. The fraction of sp³-hybridized carbons (Fsp3) is 0.833. The van der Waals surface area contributed by atoms with Crippen LogP contribution in [0.5, 0.6) is 0 Å². The third kappa shape index (κ3) is 2.04. The summed E-state index contributed by atoms with van der Waals surface area (Å²) in [4.78, 5) is 15.2. The van der Waals surface area contributed by atoms with Gasteiger partial charge in [-0.05, 0) is 0 Å². The first-order chi connectivity index (χ1) is 4.17. The van der Waals surface area contributed by atoms with Crippen molar-refractivity contribution in [1.82, 2.24) is 5.48 Å². The van der Waals surface area contributed by atoms with Gasteiger partial charge in [0, 0.05) is 5.41 Å². The van der Waals surface area contributed by atoms with Gasteiger partial charge in [0.2, 0.25) is 0 Å². The average Bonchev–Trinajstić information content (AvgIpc) is 2.08. The van der Waals surface area contributed by atoms with Gasteiger partial charge in [0.1, 0.15) is 6.29 Å². The van der Waals surface area contributed by atoms with E-state index in [9.17, 15) is 4.79 Å². The number of nitrogens with one attached hydrogen (secondary N) is 1. The minimum atomic E-state index is -0.141. The Morgan fingerprint density at radius 2 is 2.40 bits per heavy atom. The Hall–Kier alpha value is 0.590. The Labute approximate surface area is 84.2 Å². The number of hydrogen-bond donors (Lipinski definition) is 1. The van der Waals surface area contributed by atoms with Crippen molar-refractivity contribution in [3.05, 3.63) is 0 Å². The smallest absolute Gasteiger partial charge is 1.00 e. The third-order valence-corrected chi connectivity index (χ3v) is 1.63. The maximum absolute atomic E-state index is 10.3. The number of carbonyl (C=O) groups is 1. The van der Waals surface area contributed by atoms with E-state index in [2.05, 4.69) is 5.48 Å². The Morgan fingerprint density at radius 1 is 1.80 bits per heavy atom. The van der Waals surface area contributed by atoms with E-state index in [4.69, 9.17) is 4.84 Å². The molecule has 1 N–H and O–H groups in total. The summed E-state index contributed by atoms with van der Waals surface area (Å²) in [5, 5.41) is 0. The SMILES string of the molecule is CC1(C)CONC1C=O.[H-].[Na+]. The third-order valence-electron chi connectivity index (χ3n) is 1.63. The van der Waals surface area contributed by atoms with Crippen molar-refractivity contribution in [3.63, 3.8) is 0 Å². The molecule has 10 heavy (non-hydrogen) atoms. The first-order valence-corrected chi connectivity index (χ1v) is 2.99. The number of carbonyl (C=O) groups excluding carboxylic acids is 1. The van der Waals surface area contributed by atoms with Crippen LogP contribution in [-0.2, 0) is 9.63 Å². The van der Waals surface area contributed by atoms with Crippen LogP contribution in [0, 0.1) is 5.41 Å². The van der Waals surface area contributed by atoms with Gasteiger partial charge >= 0.3 is 29.6 Å². The molecule has 0 radical (unpaired) electrons. The van der Waals surface area contributed by atoms with Gasteiger partial charge in [-0.15, -0.1) is 0 Å². The zero-order chi connectivity index (χ0) is 6.91. The van der Waals surface area contributed by atoms with Gasteiger partial charge in [-0.2, -0.15) is 5.48 Å². The molecule has 0 aromatic heterocycles. The van der Waals surface area contributed by atoms with Crippen molar-refractivity contribution in [3.8, 4) is 0 Å². The first-order valence-electron chi connectivity index (χ1n) is 2.99. The first kappa shape index (κ1) is 10.6. The second kappa shape index (κ2) is 3.83. The van der Waals surface area contributed by atoms with E-state index < -0.39 is 0 Å². The Balaban J connectivity index is 0. The molecule has 3 nitrogen and oxygen atoms in total. The van der Waals surface area contributed by atoms with Crippen LogP contribution in [0.2, 0.25) is 0 Å². The predicted molar refractivity (Wildman–Crippen MR) is 33.8 cm³/mol. The summed E-state index contributed by atoms with van der Waals surface area (Å²) >= 11 is 0. The maximum atomic E-state index is 10.3. The fourth-order valence-electron chi connectivity index (χ4n) is 0.779. The number of hydroxylamine groups is 1. The molecular weight excluding hydrogens is 141 g/mol. The molecule has 0 aromatic rings. The Morgan fingerprint density at radius 3 is 2.60 bits per heavy atom. The fourth-order valence-corrected chi connectivity index (χ4v) is 0.779. The zero-order valence-corrected chi connectivity index (χ0v) is 8.68. The van der Waals surface area contributed by atoms with E-state index in [-0.39, 0.29) is 42.4 Å². The van der Waals surface area contributed by atoms with Crippen molar-refractivity contribution >= 4 is 6.29 Å². The molecular formula is C6H12NNaO2. The van der Waals surface area contributed by atoms with Crippen LogP contribution in [0.1, 0.15) is 15.3 Å². The van der Waals surface area contributed by atoms with E-state index in [0.29, 0.717) is 6.61 Å². The zero-order valence-electron chi connectivity index (χ0n) is 7.68. The second-order valence-corrected chi connectivity index (χ2v) is 3.01. The van der Waals surface area contributed by atoms with Crippen LogP contribution in [0.3, 0.4) is 0 Å². The molecule has 54 valence electrons. The molecule has 1 atom stereocenters. The van der Waals surface area contributed by atoms with E-state index in [1.807, 2.05) is 13.8 Å². The summed E-state index contributed by atoms with van der Waals surface area (Å²) < 4.78 is 0. The van der Waals surface area contributed by atoms with E-state index in [0.717, 1.165) is 6.29 Å². The summed E-state index contributed by atoms with van der Waals surface area (Å²) in [6.07, 6.45) is 0.882. The normalized spacial score (nSPS) is 29.2. The molecule has 1 heterocycles. The minimum Gasteiger partial charge on any atom is -1.00 e. The topological polar surface area (TPSA) is 38.3 Å². The quantitative estimate of drug-likeness (QED) is 0.327. The van der Waals surface area contributed by atoms with Crippen molar-refractivity contribution in [2.24, 2.45) is 5.41 Å². The molecule has 1 saturated heterocycles. The van der Waals surface area contributed by atoms with E-state index in [1.54, 1.807) is 0 Å². The van der Waals surface area contributed by atoms with E-state index >= 15 is 0 Å². The minimum absolute atomic E-state index is 0. The number of hydrogen-bond acceptors (Lipinski definition) is 3. The standard InChI is InChI=1S/C6H11NO2.Na.H/c1-6(2)4-9-7-5(6)3-8;;/h3,5,7H,4H2,1-2H3;;/q;+1;-1. The van der Waals surface area contributed by atoms with Crippen LogP contribution in [0.4, 0.5) is 0 Å². The molecule has 1 aliphatic heterocycles. The van der Waals surface area contributed by atoms with E-state index in [1.165, 1.54) is 0 Å². The van der Waals surface area contributed by atoms with Gasteiger partial charge in [0.15, 0.2) is 0 Å². The van der Waals surface area contributed by atoms with Crippen LogP contribution >= 0.6 is 0 Å². The molecule has 1 rings (SSSR count). The van der Waals surface area contributed by atoms with Gasteiger partial charge in [-0.25, -0.2) is 0 Å². The Bertz CT molecular complexity index is 132. The van der Waals surface area contributed by atoms with Crippen LogP contribution in [0.15, 0.2) is 0 Å². The van der Waals surface area contributed by atoms with Crippen molar-refractivity contribution in [1.29, 1.82) is 0 Å². The molecule has 0 saturated carbocycles. The summed E-state index contributed by atoms with van der Waals surface area (Å²) in [6.45, 7) is 4.59. The monoisotopic (exact) mass is 153 g/mol. The average molecular weight is 153 g/mol. The van der Waals surface area contributed by atoms with Crippen LogP contribution < -0.4 is 35.0 Å². The van der Waals surface area contributed by atoms with Gasteiger partial charge in [0.05, 0.1) is 12.6 Å². The molecule has 1 aliphatic rings. The van der Waals surface area contributed by atoms with Crippen molar-refractivity contribution in [2.75, 3.05) is 6.61 Å². The molecule has 1 unspecified atom stereocenters. The van der Waals surface area contributed by atoms with Gasteiger partial charge in [0.25, 0.3) is 0 Å². The summed E-state index contributed by atoms with van der Waals surface area (Å²) in [6, 6.07) is -0.141. The molecule has 0 bridgehead atoms. The summed E-state index contributed by atoms with van der Waals surface area (Å²) in [5.74, 6) is 0. The molecule has 0 spiro atoms. The van der Waals surface area contributed by atoms with Gasteiger partial charge in [-0.3, -0.25) is 0 Å². The van der Waals surface area contributed by atoms with Gasteiger partial charge < -0.3 is 11.1 Å². The van der Waals surface area contributed by atoms with Crippen molar-refractivity contribution < 1.29 is 40.6 Å². The van der Waals surface area contributed by atoms with Gasteiger partial charge in [-0.1, -0.05) is 13.8 Å². The molecule has 0 aromatic carbocycles.